The van der Waals surface area contributed by atoms with Gasteiger partial charge < -0.3 is 4.90 Å². The molecule has 0 aliphatic carbocycles. The highest BCUT2D eigenvalue weighted by molar-refractivity contribution is 7.10. The fraction of sp³-hybridized carbons (Fsp3) is 0.316. The van der Waals surface area contributed by atoms with Gasteiger partial charge in [-0.2, -0.15) is 0 Å². The molecule has 4 nitrogen and oxygen atoms in total. The first-order valence-electron chi connectivity index (χ1n) is 8.24. The summed E-state index contributed by atoms with van der Waals surface area (Å²) in [6.07, 6.45) is 2.74. The Kier molecular flexibility index (Phi) is 5.60. The van der Waals surface area contributed by atoms with E-state index in [1.54, 1.807) is 22.7 Å². The van der Waals surface area contributed by atoms with E-state index >= 15 is 0 Å². The molecular formula is C19H22N4S2. The number of aliphatic imine (C=N–C) groups is 1. The summed E-state index contributed by atoms with van der Waals surface area (Å²) in [5.41, 5.74) is 8.56. The smallest absolute Gasteiger partial charge is 0.101 e. The standard InChI is InChI=1S/C19H22N4S2/c1-5-23(4)11-20-16-7-13(2)15(6-14(16)3)8-19-22-18(10-25-19)17-9-24-12-21-17/h6-7,9-12H,5,8H2,1-4H3. The second-order valence-corrected chi connectivity index (χ2v) is 7.72. The third-order valence-electron chi connectivity index (χ3n) is 4.14. The lowest BCUT2D eigenvalue weighted by Gasteiger charge is -2.11. The van der Waals surface area contributed by atoms with Crippen LogP contribution in [0.4, 0.5) is 5.69 Å². The van der Waals surface area contributed by atoms with Gasteiger partial charge in [0.1, 0.15) is 11.4 Å². The van der Waals surface area contributed by atoms with Gasteiger partial charge in [0.05, 0.1) is 22.5 Å². The van der Waals surface area contributed by atoms with Gasteiger partial charge in [-0.25, -0.2) is 15.0 Å². The molecule has 0 N–H and O–H groups in total. The van der Waals surface area contributed by atoms with E-state index in [2.05, 4.69) is 53.2 Å². The fourth-order valence-electron chi connectivity index (χ4n) is 2.44. The number of rotatable bonds is 6. The first kappa shape index (κ1) is 17.8. The number of hydrogen-bond donors (Lipinski definition) is 0. The summed E-state index contributed by atoms with van der Waals surface area (Å²) in [6, 6.07) is 4.40. The van der Waals surface area contributed by atoms with Gasteiger partial charge in [-0.1, -0.05) is 6.07 Å². The van der Waals surface area contributed by atoms with Crippen molar-refractivity contribution < 1.29 is 0 Å². The molecule has 0 saturated heterocycles. The highest BCUT2D eigenvalue weighted by Gasteiger charge is 2.10. The maximum absolute atomic E-state index is 4.74. The SMILES string of the molecule is CCN(C)C=Nc1cc(C)c(Cc2nc(-c3cscn3)cs2)cc1C. The topological polar surface area (TPSA) is 41.4 Å². The van der Waals surface area contributed by atoms with Crippen molar-refractivity contribution in [1.82, 2.24) is 14.9 Å². The number of thiazole rings is 2. The predicted octanol–water partition coefficient (Wildman–Crippen LogP) is 5.09. The van der Waals surface area contributed by atoms with Crippen molar-refractivity contribution in [3.05, 3.63) is 50.1 Å². The highest BCUT2D eigenvalue weighted by Crippen LogP contribution is 2.27. The number of benzene rings is 1. The molecule has 25 heavy (non-hydrogen) atoms. The number of aryl methyl sites for hydroxylation is 2. The van der Waals surface area contributed by atoms with E-state index in [0.717, 1.165) is 35.0 Å². The van der Waals surface area contributed by atoms with Gasteiger partial charge in [-0.05, 0) is 43.5 Å². The van der Waals surface area contributed by atoms with Crippen LogP contribution in [0.25, 0.3) is 11.4 Å². The van der Waals surface area contributed by atoms with Crippen molar-refractivity contribution >= 4 is 34.7 Å². The Morgan fingerprint density at radius 3 is 2.72 bits per heavy atom. The van der Waals surface area contributed by atoms with E-state index in [1.165, 1.54) is 16.7 Å². The zero-order chi connectivity index (χ0) is 17.8. The van der Waals surface area contributed by atoms with E-state index in [1.807, 2.05) is 24.3 Å². The summed E-state index contributed by atoms with van der Waals surface area (Å²) in [6.45, 7) is 7.32. The summed E-state index contributed by atoms with van der Waals surface area (Å²) < 4.78 is 0. The second-order valence-electron chi connectivity index (χ2n) is 6.06. The van der Waals surface area contributed by atoms with Crippen LogP contribution in [-0.2, 0) is 6.42 Å². The lowest BCUT2D eigenvalue weighted by Crippen LogP contribution is -2.14. The molecule has 0 atom stereocenters. The predicted molar refractivity (Wildman–Crippen MR) is 108 cm³/mol. The normalized spacial score (nSPS) is 11.4. The Bertz CT molecular complexity index is 866. The van der Waals surface area contributed by atoms with Crippen molar-refractivity contribution in [3.63, 3.8) is 0 Å². The van der Waals surface area contributed by atoms with Crippen molar-refractivity contribution in [1.29, 1.82) is 0 Å². The molecule has 0 spiro atoms. The number of nitrogens with zero attached hydrogens (tertiary/aromatic N) is 4. The van der Waals surface area contributed by atoms with Crippen LogP contribution in [0.5, 0.6) is 0 Å². The molecule has 0 unspecified atom stereocenters. The molecule has 3 rings (SSSR count). The summed E-state index contributed by atoms with van der Waals surface area (Å²) >= 11 is 3.29. The van der Waals surface area contributed by atoms with Crippen molar-refractivity contribution in [2.75, 3.05) is 13.6 Å². The van der Waals surface area contributed by atoms with Gasteiger partial charge >= 0.3 is 0 Å². The third kappa shape index (κ3) is 4.32. The molecule has 2 aromatic heterocycles. The minimum atomic E-state index is 0.848. The molecule has 3 aromatic rings. The maximum Gasteiger partial charge on any atom is 0.101 e. The zero-order valence-electron chi connectivity index (χ0n) is 15.0. The molecule has 0 radical (unpaired) electrons. The lowest BCUT2D eigenvalue weighted by atomic mass is 10.0. The quantitative estimate of drug-likeness (QED) is 0.448. The summed E-state index contributed by atoms with van der Waals surface area (Å²) in [5, 5.41) is 5.24. The molecule has 0 aliphatic heterocycles. The van der Waals surface area contributed by atoms with Crippen molar-refractivity contribution in [3.8, 4) is 11.4 Å². The Balaban J connectivity index is 1.79. The minimum absolute atomic E-state index is 0.848. The monoisotopic (exact) mass is 370 g/mol. The Morgan fingerprint density at radius 2 is 2.00 bits per heavy atom. The van der Waals surface area contributed by atoms with Crippen LogP contribution in [0.15, 0.2) is 33.4 Å². The maximum atomic E-state index is 4.74. The summed E-state index contributed by atoms with van der Waals surface area (Å²) in [7, 11) is 2.03. The average Bonchev–Trinajstić information content (AvgIpc) is 3.27. The first-order chi connectivity index (χ1) is 12.1. The fourth-order valence-corrected chi connectivity index (χ4v) is 3.80. The molecule has 6 heteroatoms. The van der Waals surface area contributed by atoms with Crippen LogP contribution in [0.1, 0.15) is 28.6 Å². The van der Waals surface area contributed by atoms with Crippen LogP contribution in [0.3, 0.4) is 0 Å². The first-order valence-corrected chi connectivity index (χ1v) is 10.1. The summed E-state index contributed by atoms with van der Waals surface area (Å²) in [4.78, 5) is 15.7. The van der Waals surface area contributed by atoms with Crippen LogP contribution < -0.4 is 0 Å². The average molecular weight is 371 g/mol. The lowest BCUT2D eigenvalue weighted by molar-refractivity contribution is 0.552. The molecule has 130 valence electrons. The zero-order valence-corrected chi connectivity index (χ0v) is 16.6. The molecule has 0 aliphatic rings. The molecule has 2 heterocycles. The van der Waals surface area contributed by atoms with Gasteiger partial charge in [0.25, 0.3) is 0 Å². The van der Waals surface area contributed by atoms with E-state index < -0.39 is 0 Å². The Morgan fingerprint density at radius 1 is 1.16 bits per heavy atom. The van der Waals surface area contributed by atoms with Crippen LogP contribution in [-0.4, -0.2) is 34.8 Å². The van der Waals surface area contributed by atoms with E-state index in [4.69, 9.17) is 4.98 Å². The number of aromatic nitrogens is 2. The molecule has 0 bridgehead atoms. The van der Waals surface area contributed by atoms with Gasteiger partial charge in [0.15, 0.2) is 0 Å². The molecule has 0 fully saturated rings. The number of hydrogen-bond acceptors (Lipinski definition) is 5. The van der Waals surface area contributed by atoms with Crippen LogP contribution in [0.2, 0.25) is 0 Å². The minimum Gasteiger partial charge on any atom is -0.366 e. The van der Waals surface area contributed by atoms with Gasteiger partial charge in [0, 0.05) is 30.8 Å². The van der Waals surface area contributed by atoms with Gasteiger partial charge in [-0.15, -0.1) is 22.7 Å². The van der Waals surface area contributed by atoms with Crippen molar-refractivity contribution in [2.24, 2.45) is 4.99 Å². The third-order valence-corrected chi connectivity index (χ3v) is 5.57. The van der Waals surface area contributed by atoms with Gasteiger partial charge in [0.2, 0.25) is 0 Å². The van der Waals surface area contributed by atoms with E-state index in [0.29, 0.717) is 0 Å². The second kappa shape index (κ2) is 7.89. The summed E-state index contributed by atoms with van der Waals surface area (Å²) in [5.74, 6) is 0. The van der Waals surface area contributed by atoms with Gasteiger partial charge in [-0.3, -0.25) is 0 Å². The molecular weight excluding hydrogens is 348 g/mol. The molecule has 0 amide bonds. The van der Waals surface area contributed by atoms with Crippen LogP contribution >= 0.6 is 22.7 Å². The highest BCUT2D eigenvalue weighted by atomic mass is 32.1. The molecule has 0 saturated carbocycles. The van der Waals surface area contributed by atoms with Crippen molar-refractivity contribution in [2.45, 2.75) is 27.2 Å². The Labute approximate surface area is 156 Å². The Hall–Kier alpha value is -2.05. The molecule has 1 aromatic carbocycles. The van der Waals surface area contributed by atoms with E-state index in [-0.39, 0.29) is 0 Å². The largest absolute Gasteiger partial charge is 0.366 e. The van der Waals surface area contributed by atoms with Crippen LogP contribution in [0, 0.1) is 13.8 Å². The van der Waals surface area contributed by atoms with E-state index in [9.17, 15) is 0 Å².